The second kappa shape index (κ2) is 8.50. The Morgan fingerprint density at radius 1 is 1.13 bits per heavy atom. The van der Waals surface area contributed by atoms with Crippen LogP contribution < -0.4 is 9.64 Å². The summed E-state index contributed by atoms with van der Waals surface area (Å²) in [4.78, 5) is 30.0. The molecule has 1 aliphatic carbocycles. The first-order valence-electron chi connectivity index (χ1n) is 10.8. The molecule has 2 unspecified atom stereocenters. The lowest BCUT2D eigenvalue weighted by molar-refractivity contribution is -0.129. The van der Waals surface area contributed by atoms with Crippen LogP contribution in [0.3, 0.4) is 0 Å². The third-order valence-corrected chi connectivity index (χ3v) is 6.36. The first-order chi connectivity index (χ1) is 14.5. The normalized spacial score (nSPS) is 19.6. The number of amides is 2. The average Bonchev–Trinajstić information content (AvgIpc) is 3.54. The number of anilines is 1. The molecule has 2 fully saturated rings. The maximum absolute atomic E-state index is 13.6. The molecular weight excluding hydrogens is 376 g/mol. The standard InChI is InChI=1S/C25H30N2O3/c1-17-4-6-19(7-5-17)15-26-16-21(14-24(26)28)25(29)27(18(2)20-8-9-20)22-10-12-23(30-3)13-11-22/h4-7,10-13,18,20-21H,8-9,14-16H2,1-3H3. The van der Waals surface area contributed by atoms with Crippen molar-refractivity contribution in [1.29, 1.82) is 0 Å². The smallest absolute Gasteiger partial charge is 0.232 e. The van der Waals surface area contributed by atoms with E-state index in [1.165, 1.54) is 5.56 Å². The highest BCUT2D eigenvalue weighted by atomic mass is 16.5. The molecule has 1 saturated heterocycles. The van der Waals surface area contributed by atoms with Crippen LogP contribution in [0.5, 0.6) is 5.75 Å². The zero-order valence-electron chi connectivity index (χ0n) is 18.0. The van der Waals surface area contributed by atoms with Crippen LogP contribution in [0.25, 0.3) is 0 Å². The molecule has 5 nitrogen and oxygen atoms in total. The van der Waals surface area contributed by atoms with Gasteiger partial charge in [0.1, 0.15) is 5.75 Å². The van der Waals surface area contributed by atoms with E-state index < -0.39 is 0 Å². The second-order valence-corrected chi connectivity index (χ2v) is 8.65. The van der Waals surface area contributed by atoms with Crippen molar-refractivity contribution in [3.05, 3.63) is 59.7 Å². The van der Waals surface area contributed by atoms with Crippen LogP contribution in [-0.4, -0.2) is 36.4 Å². The first kappa shape index (κ1) is 20.5. The predicted molar refractivity (Wildman–Crippen MR) is 117 cm³/mol. The summed E-state index contributed by atoms with van der Waals surface area (Å²) in [6.45, 7) is 5.22. The number of ether oxygens (including phenoxy) is 1. The van der Waals surface area contributed by atoms with Crippen LogP contribution >= 0.6 is 0 Å². The van der Waals surface area contributed by atoms with Gasteiger partial charge in [0.2, 0.25) is 11.8 Å². The number of nitrogens with zero attached hydrogens (tertiary/aromatic N) is 2. The Kier molecular flexibility index (Phi) is 5.80. The van der Waals surface area contributed by atoms with Gasteiger partial charge in [0, 0.05) is 31.2 Å². The fraction of sp³-hybridized carbons (Fsp3) is 0.440. The van der Waals surface area contributed by atoms with E-state index in [2.05, 4.69) is 31.2 Å². The lowest BCUT2D eigenvalue weighted by atomic mass is 10.0. The SMILES string of the molecule is COc1ccc(N(C(=O)C2CC(=O)N(Cc3ccc(C)cc3)C2)C(C)C2CC2)cc1. The monoisotopic (exact) mass is 406 g/mol. The van der Waals surface area contributed by atoms with Crippen molar-refractivity contribution in [3.63, 3.8) is 0 Å². The zero-order valence-corrected chi connectivity index (χ0v) is 18.0. The predicted octanol–water partition coefficient (Wildman–Crippen LogP) is 4.18. The van der Waals surface area contributed by atoms with Gasteiger partial charge in [0.25, 0.3) is 0 Å². The Morgan fingerprint density at radius 3 is 2.40 bits per heavy atom. The fourth-order valence-electron chi connectivity index (χ4n) is 4.30. The number of likely N-dealkylation sites (tertiary alicyclic amines) is 1. The van der Waals surface area contributed by atoms with Crippen LogP contribution in [0.1, 0.15) is 37.3 Å². The van der Waals surface area contributed by atoms with E-state index in [0.29, 0.717) is 19.0 Å². The van der Waals surface area contributed by atoms with Crippen molar-refractivity contribution in [1.82, 2.24) is 4.90 Å². The summed E-state index contributed by atoms with van der Waals surface area (Å²) in [6.07, 6.45) is 2.60. The van der Waals surface area contributed by atoms with E-state index >= 15 is 0 Å². The summed E-state index contributed by atoms with van der Waals surface area (Å²) < 4.78 is 5.27. The summed E-state index contributed by atoms with van der Waals surface area (Å²) in [5.41, 5.74) is 3.17. The topological polar surface area (TPSA) is 49.9 Å². The molecule has 2 atom stereocenters. The van der Waals surface area contributed by atoms with Crippen molar-refractivity contribution in [2.45, 2.75) is 45.7 Å². The van der Waals surface area contributed by atoms with Gasteiger partial charge in [-0.3, -0.25) is 9.59 Å². The summed E-state index contributed by atoms with van der Waals surface area (Å²) >= 11 is 0. The molecule has 158 valence electrons. The number of carbonyl (C=O) groups excluding carboxylic acids is 2. The van der Waals surface area contributed by atoms with Gasteiger partial charge in [-0.05, 0) is 62.4 Å². The van der Waals surface area contributed by atoms with Crippen LogP contribution in [-0.2, 0) is 16.1 Å². The maximum atomic E-state index is 13.6. The lowest BCUT2D eigenvalue weighted by Gasteiger charge is -2.32. The first-order valence-corrected chi connectivity index (χ1v) is 10.8. The third-order valence-electron chi connectivity index (χ3n) is 6.36. The molecule has 0 spiro atoms. The summed E-state index contributed by atoms with van der Waals surface area (Å²) in [6, 6.07) is 16.0. The van der Waals surface area contributed by atoms with Crippen LogP contribution in [0, 0.1) is 18.8 Å². The molecule has 0 bridgehead atoms. The van der Waals surface area contributed by atoms with Gasteiger partial charge in [0.15, 0.2) is 0 Å². The largest absolute Gasteiger partial charge is 0.497 e. The highest BCUT2D eigenvalue weighted by molar-refractivity contribution is 5.99. The van der Waals surface area contributed by atoms with Gasteiger partial charge in [-0.25, -0.2) is 0 Å². The lowest BCUT2D eigenvalue weighted by Crippen LogP contribution is -2.44. The fourth-order valence-corrected chi connectivity index (χ4v) is 4.30. The molecular formula is C25H30N2O3. The van der Waals surface area contributed by atoms with Crippen LogP contribution in [0.2, 0.25) is 0 Å². The highest BCUT2D eigenvalue weighted by Crippen LogP contribution is 2.38. The molecule has 1 aliphatic heterocycles. The molecule has 30 heavy (non-hydrogen) atoms. The average molecular weight is 407 g/mol. The molecule has 4 rings (SSSR count). The third kappa shape index (κ3) is 4.35. The van der Waals surface area contributed by atoms with Gasteiger partial charge in [-0.15, -0.1) is 0 Å². The molecule has 2 aromatic rings. The summed E-state index contributed by atoms with van der Waals surface area (Å²) in [5, 5.41) is 0. The van der Waals surface area contributed by atoms with Gasteiger partial charge >= 0.3 is 0 Å². The van der Waals surface area contributed by atoms with E-state index in [9.17, 15) is 9.59 Å². The molecule has 5 heteroatoms. The van der Waals surface area contributed by atoms with Gasteiger partial charge in [-0.1, -0.05) is 29.8 Å². The Balaban J connectivity index is 1.50. The number of methoxy groups -OCH3 is 1. The number of aryl methyl sites for hydroxylation is 1. The second-order valence-electron chi connectivity index (χ2n) is 8.65. The Hall–Kier alpha value is -2.82. The molecule has 1 saturated carbocycles. The molecule has 2 amide bonds. The Labute approximate surface area is 178 Å². The van der Waals surface area contributed by atoms with Crippen molar-refractivity contribution in [3.8, 4) is 5.75 Å². The molecule has 0 aromatic heterocycles. The van der Waals surface area contributed by atoms with E-state index in [1.807, 2.05) is 41.0 Å². The van der Waals surface area contributed by atoms with Crippen molar-refractivity contribution >= 4 is 17.5 Å². The van der Waals surface area contributed by atoms with Gasteiger partial charge < -0.3 is 14.5 Å². The number of benzene rings is 2. The van der Waals surface area contributed by atoms with Crippen molar-refractivity contribution in [2.24, 2.45) is 11.8 Å². The van der Waals surface area contributed by atoms with Gasteiger partial charge in [0.05, 0.1) is 13.0 Å². The van der Waals surface area contributed by atoms with E-state index in [0.717, 1.165) is 29.8 Å². The number of carbonyl (C=O) groups is 2. The van der Waals surface area contributed by atoms with Crippen molar-refractivity contribution < 1.29 is 14.3 Å². The summed E-state index contributed by atoms with van der Waals surface area (Å²) in [5.74, 6) is 1.12. The summed E-state index contributed by atoms with van der Waals surface area (Å²) in [7, 11) is 1.64. The molecule has 0 N–H and O–H groups in total. The quantitative estimate of drug-likeness (QED) is 0.693. The maximum Gasteiger partial charge on any atom is 0.232 e. The highest BCUT2D eigenvalue weighted by Gasteiger charge is 2.41. The Bertz CT molecular complexity index is 903. The minimum atomic E-state index is -0.300. The molecule has 1 heterocycles. The van der Waals surface area contributed by atoms with E-state index in [1.54, 1.807) is 7.11 Å². The van der Waals surface area contributed by atoms with Crippen molar-refractivity contribution in [2.75, 3.05) is 18.6 Å². The molecule has 2 aromatic carbocycles. The van der Waals surface area contributed by atoms with Crippen LogP contribution in [0.15, 0.2) is 48.5 Å². The number of hydrogen-bond donors (Lipinski definition) is 0. The number of rotatable bonds is 7. The van der Waals surface area contributed by atoms with Gasteiger partial charge in [-0.2, -0.15) is 0 Å². The zero-order chi connectivity index (χ0) is 21.3. The van der Waals surface area contributed by atoms with Crippen LogP contribution in [0.4, 0.5) is 5.69 Å². The molecule has 2 aliphatic rings. The van der Waals surface area contributed by atoms with E-state index in [-0.39, 0.29) is 30.2 Å². The van der Waals surface area contributed by atoms with E-state index in [4.69, 9.17) is 4.74 Å². The minimum absolute atomic E-state index is 0.0549. The Morgan fingerprint density at radius 2 is 1.80 bits per heavy atom. The minimum Gasteiger partial charge on any atom is -0.497 e. The molecule has 0 radical (unpaired) electrons. The number of hydrogen-bond acceptors (Lipinski definition) is 3.